The Bertz CT molecular complexity index is 924. The van der Waals surface area contributed by atoms with E-state index in [2.05, 4.69) is 13.8 Å². The third-order valence-corrected chi connectivity index (χ3v) is 6.46. The summed E-state index contributed by atoms with van der Waals surface area (Å²) in [4.78, 5) is 32.6. The van der Waals surface area contributed by atoms with Gasteiger partial charge in [0.05, 0.1) is 11.1 Å². The van der Waals surface area contributed by atoms with E-state index in [0.29, 0.717) is 11.5 Å². The Labute approximate surface area is 172 Å². The van der Waals surface area contributed by atoms with E-state index >= 15 is 0 Å². The highest BCUT2D eigenvalue weighted by atomic mass is 16.5. The van der Waals surface area contributed by atoms with Gasteiger partial charge in [-0.05, 0) is 62.5 Å². The highest BCUT2D eigenvalue weighted by molar-refractivity contribution is 6.05. The summed E-state index contributed by atoms with van der Waals surface area (Å²) in [6, 6.07) is 8.00. The third kappa shape index (κ3) is 4.00. The summed E-state index contributed by atoms with van der Waals surface area (Å²) in [6.45, 7) is 4.90. The Morgan fingerprint density at radius 2 is 2.03 bits per heavy atom. The monoisotopic (exact) mass is 394 g/mol. The van der Waals surface area contributed by atoms with Gasteiger partial charge in [-0.2, -0.15) is 0 Å². The molecule has 2 atom stereocenters. The van der Waals surface area contributed by atoms with Crippen molar-refractivity contribution in [3.05, 3.63) is 41.1 Å². The van der Waals surface area contributed by atoms with Crippen molar-refractivity contribution < 1.29 is 14.3 Å². The van der Waals surface area contributed by atoms with Crippen molar-refractivity contribution in [3.63, 3.8) is 0 Å². The summed E-state index contributed by atoms with van der Waals surface area (Å²) in [5.74, 6) is 0.0372. The minimum atomic E-state index is -0.396. The summed E-state index contributed by atoms with van der Waals surface area (Å²) in [5.41, 5.74) is 3.43. The number of likely N-dealkylation sites (tertiary alicyclic amines) is 1. The average molecular weight is 395 g/mol. The quantitative estimate of drug-likeness (QED) is 0.725. The van der Waals surface area contributed by atoms with E-state index in [0.717, 1.165) is 73.7 Å². The van der Waals surface area contributed by atoms with Gasteiger partial charge in [0.2, 0.25) is 0 Å². The molecule has 1 aromatic heterocycles. The lowest BCUT2D eigenvalue weighted by atomic mass is 9.84. The van der Waals surface area contributed by atoms with Crippen molar-refractivity contribution in [1.82, 2.24) is 9.88 Å². The number of hydrogen-bond acceptors (Lipinski definition) is 4. The molecule has 0 radical (unpaired) electrons. The molecule has 0 unspecified atom stereocenters. The van der Waals surface area contributed by atoms with Gasteiger partial charge >= 0.3 is 5.97 Å². The van der Waals surface area contributed by atoms with E-state index in [-0.39, 0.29) is 18.6 Å². The number of aryl methyl sites for hydroxylation is 1. The molecule has 1 amide bonds. The highest BCUT2D eigenvalue weighted by Crippen LogP contribution is 2.32. The van der Waals surface area contributed by atoms with Crippen molar-refractivity contribution in [2.45, 2.75) is 64.8 Å². The molecular weight excluding hydrogens is 364 g/mol. The lowest BCUT2D eigenvalue weighted by Crippen LogP contribution is -2.45. The van der Waals surface area contributed by atoms with Crippen LogP contribution in [0, 0.1) is 5.92 Å². The van der Waals surface area contributed by atoms with E-state index in [4.69, 9.17) is 9.72 Å². The predicted octanol–water partition coefficient (Wildman–Crippen LogP) is 4.31. The van der Waals surface area contributed by atoms with Crippen LogP contribution in [0.25, 0.3) is 10.9 Å². The van der Waals surface area contributed by atoms with E-state index < -0.39 is 5.97 Å². The van der Waals surface area contributed by atoms with Crippen LogP contribution in [0.1, 0.15) is 67.6 Å². The molecule has 2 heterocycles. The number of esters is 1. The smallest absolute Gasteiger partial charge is 0.339 e. The molecule has 2 aromatic rings. The van der Waals surface area contributed by atoms with Gasteiger partial charge in [-0.15, -0.1) is 0 Å². The second-order valence-electron chi connectivity index (χ2n) is 8.50. The van der Waals surface area contributed by atoms with E-state index in [1.165, 1.54) is 0 Å². The van der Waals surface area contributed by atoms with Gasteiger partial charge < -0.3 is 9.64 Å². The Morgan fingerprint density at radius 3 is 2.86 bits per heavy atom. The van der Waals surface area contributed by atoms with Crippen LogP contribution >= 0.6 is 0 Å². The number of nitrogens with zero attached hydrogens (tertiary/aromatic N) is 2. The van der Waals surface area contributed by atoms with Crippen LogP contribution in [0.2, 0.25) is 0 Å². The Kier molecular flexibility index (Phi) is 5.84. The second-order valence-corrected chi connectivity index (χ2v) is 8.50. The van der Waals surface area contributed by atoms with Crippen molar-refractivity contribution in [1.29, 1.82) is 0 Å². The number of benzene rings is 1. The predicted molar refractivity (Wildman–Crippen MR) is 113 cm³/mol. The first kappa shape index (κ1) is 19.9. The molecule has 5 nitrogen and oxygen atoms in total. The molecule has 0 saturated carbocycles. The summed E-state index contributed by atoms with van der Waals surface area (Å²) in [7, 11) is 0. The molecule has 2 aliphatic rings. The van der Waals surface area contributed by atoms with E-state index in [9.17, 15) is 9.59 Å². The Morgan fingerprint density at radius 1 is 1.21 bits per heavy atom. The SMILES string of the molecule is CC[C@@H]1CCCCN1C(=O)COC(=O)c1c2c(nc3ccccc13)CC[C@H](C)C2. The molecule has 0 bridgehead atoms. The number of rotatable bonds is 4. The molecule has 1 aliphatic carbocycles. The van der Waals surface area contributed by atoms with Crippen LogP contribution in [-0.4, -0.2) is 41.0 Å². The van der Waals surface area contributed by atoms with Crippen molar-refractivity contribution in [3.8, 4) is 0 Å². The number of carbonyl (C=O) groups excluding carboxylic acids is 2. The summed E-state index contributed by atoms with van der Waals surface area (Å²) in [5, 5.41) is 0.821. The number of carbonyl (C=O) groups is 2. The van der Waals surface area contributed by atoms with Crippen LogP contribution in [0.15, 0.2) is 24.3 Å². The maximum atomic E-state index is 13.2. The van der Waals surface area contributed by atoms with Crippen molar-refractivity contribution in [2.75, 3.05) is 13.2 Å². The van der Waals surface area contributed by atoms with Gasteiger partial charge in [0.15, 0.2) is 6.61 Å². The number of fused-ring (bicyclic) bond motifs is 2. The van der Waals surface area contributed by atoms with Gasteiger partial charge in [0.1, 0.15) is 0 Å². The Balaban J connectivity index is 1.58. The number of ether oxygens (including phenoxy) is 1. The largest absolute Gasteiger partial charge is 0.452 e. The van der Waals surface area contributed by atoms with Crippen LogP contribution in [-0.2, 0) is 22.4 Å². The minimum Gasteiger partial charge on any atom is -0.452 e. The number of hydrogen-bond donors (Lipinski definition) is 0. The van der Waals surface area contributed by atoms with E-state index in [1.54, 1.807) is 0 Å². The average Bonchev–Trinajstić information content (AvgIpc) is 2.75. The molecule has 0 N–H and O–H groups in total. The number of piperidine rings is 1. The first-order valence-electron chi connectivity index (χ1n) is 11.0. The van der Waals surface area contributed by atoms with Crippen molar-refractivity contribution >= 4 is 22.8 Å². The number of pyridine rings is 1. The van der Waals surface area contributed by atoms with Crippen LogP contribution in [0.3, 0.4) is 0 Å². The van der Waals surface area contributed by atoms with Crippen LogP contribution < -0.4 is 0 Å². The van der Waals surface area contributed by atoms with Gasteiger partial charge in [-0.1, -0.05) is 32.0 Å². The van der Waals surface area contributed by atoms with Gasteiger partial charge in [0.25, 0.3) is 5.91 Å². The molecular formula is C24H30N2O3. The zero-order valence-electron chi connectivity index (χ0n) is 17.4. The van der Waals surface area contributed by atoms with Gasteiger partial charge in [-0.3, -0.25) is 9.78 Å². The second kappa shape index (κ2) is 8.52. The molecule has 154 valence electrons. The summed E-state index contributed by atoms with van der Waals surface area (Å²) < 4.78 is 5.59. The lowest BCUT2D eigenvalue weighted by Gasteiger charge is -2.35. The first-order valence-corrected chi connectivity index (χ1v) is 11.0. The highest BCUT2D eigenvalue weighted by Gasteiger charge is 2.29. The summed E-state index contributed by atoms with van der Waals surface area (Å²) in [6.07, 6.45) is 6.96. The number of para-hydroxylation sites is 1. The topological polar surface area (TPSA) is 59.5 Å². The molecule has 5 heteroatoms. The molecule has 1 aliphatic heterocycles. The molecule has 1 aromatic carbocycles. The first-order chi connectivity index (χ1) is 14.1. The number of amides is 1. The van der Waals surface area contributed by atoms with E-state index in [1.807, 2.05) is 29.2 Å². The normalized spacial score (nSPS) is 21.7. The molecule has 4 rings (SSSR count). The Hall–Kier alpha value is -2.43. The molecule has 0 spiro atoms. The fourth-order valence-electron chi connectivity index (χ4n) is 4.83. The zero-order chi connectivity index (χ0) is 20.4. The van der Waals surface area contributed by atoms with Crippen molar-refractivity contribution in [2.24, 2.45) is 5.92 Å². The minimum absolute atomic E-state index is 0.0782. The molecule has 1 saturated heterocycles. The summed E-state index contributed by atoms with van der Waals surface area (Å²) >= 11 is 0. The maximum Gasteiger partial charge on any atom is 0.339 e. The zero-order valence-corrected chi connectivity index (χ0v) is 17.4. The fraction of sp³-hybridized carbons (Fsp3) is 0.542. The third-order valence-electron chi connectivity index (χ3n) is 6.46. The maximum absolute atomic E-state index is 13.2. The van der Waals surface area contributed by atoms with Gasteiger partial charge in [0, 0.05) is 23.7 Å². The number of aromatic nitrogens is 1. The van der Waals surface area contributed by atoms with Crippen LogP contribution in [0.4, 0.5) is 0 Å². The van der Waals surface area contributed by atoms with Crippen LogP contribution in [0.5, 0.6) is 0 Å². The standard InChI is InChI=1S/C24H30N2O3/c1-3-17-8-6-7-13-26(17)22(27)15-29-24(28)23-18-9-4-5-10-20(18)25-21-12-11-16(2)14-19(21)23/h4-5,9-10,16-17H,3,6-8,11-15H2,1-2H3/t16-,17+/m0/s1. The van der Waals surface area contributed by atoms with Gasteiger partial charge in [-0.25, -0.2) is 4.79 Å². The lowest BCUT2D eigenvalue weighted by molar-refractivity contribution is -0.138. The molecule has 29 heavy (non-hydrogen) atoms. The molecule has 1 fully saturated rings. The fourth-order valence-corrected chi connectivity index (χ4v) is 4.83.